The third-order valence-electron chi connectivity index (χ3n) is 6.71. The van der Waals surface area contributed by atoms with Crippen molar-refractivity contribution in [3.8, 4) is 11.1 Å². The second-order valence-corrected chi connectivity index (χ2v) is 9.24. The fraction of sp³-hybridized carbons (Fsp3) is 0.259. The van der Waals surface area contributed by atoms with Crippen molar-refractivity contribution >= 4 is 39.3 Å². The van der Waals surface area contributed by atoms with Crippen LogP contribution in [-0.2, 0) is 0 Å². The van der Waals surface area contributed by atoms with Gasteiger partial charge in [0, 0.05) is 67.8 Å². The topological polar surface area (TPSA) is 85.7 Å². The number of rotatable bonds is 4. The van der Waals surface area contributed by atoms with Gasteiger partial charge in [-0.3, -0.25) is 9.59 Å². The van der Waals surface area contributed by atoms with Gasteiger partial charge in [-0.2, -0.15) is 0 Å². The van der Waals surface area contributed by atoms with Crippen LogP contribution in [0.5, 0.6) is 0 Å². The number of primary amides is 1. The molecule has 0 spiro atoms. The first-order valence-electron chi connectivity index (χ1n) is 11.5. The van der Waals surface area contributed by atoms with E-state index in [-0.39, 0.29) is 5.91 Å². The molecule has 1 aliphatic heterocycles. The van der Waals surface area contributed by atoms with Crippen molar-refractivity contribution in [1.82, 2.24) is 14.8 Å². The Kier molecular flexibility index (Phi) is 5.49. The van der Waals surface area contributed by atoms with Crippen LogP contribution in [0, 0.1) is 0 Å². The molecular weight excluding hydrogens is 426 g/mol. The summed E-state index contributed by atoms with van der Waals surface area (Å²) in [6.07, 6.45) is 0. The van der Waals surface area contributed by atoms with Crippen molar-refractivity contribution < 1.29 is 9.59 Å². The van der Waals surface area contributed by atoms with Gasteiger partial charge in [-0.05, 0) is 54.6 Å². The van der Waals surface area contributed by atoms with Crippen LogP contribution in [0.15, 0.2) is 54.6 Å². The highest BCUT2D eigenvalue weighted by atomic mass is 16.2. The van der Waals surface area contributed by atoms with E-state index in [9.17, 15) is 9.59 Å². The monoisotopic (exact) mass is 455 g/mol. The van der Waals surface area contributed by atoms with E-state index in [0.29, 0.717) is 16.6 Å². The molecule has 4 aromatic rings. The Labute approximate surface area is 198 Å². The number of nitrogens with one attached hydrogen (secondary N) is 1. The average molecular weight is 456 g/mol. The van der Waals surface area contributed by atoms with E-state index in [1.807, 2.05) is 66.4 Å². The van der Waals surface area contributed by atoms with Crippen LogP contribution in [0.3, 0.4) is 0 Å². The molecule has 174 valence electrons. The number of hydrogen-bond donors (Lipinski definition) is 2. The zero-order chi connectivity index (χ0) is 24.0. The molecule has 7 heteroatoms. The molecule has 0 atom stereocenters. The summed E-state index contributed by atoms with van der Waals surface area (Å²) in [7, 11) is 6.06. The first-order valence-corrected chi connectivity index (χ1v) is 11.5. The maximum absolute atomic E-state index is 13.1. The number of likely N-dealkylation sites (N-methyl/N-ethyl adjacent to an activating group) is 1. The Bertz CT molecular complexity index is 1410. The number of nitrogens with zero attached hydrogens (tertiary/aromatic N) is 3. The number of benzene rings is 3. The van der Waals surface area contributed by atoms with E-state index < -0.39 is 5.91 Å². The SMILES string of the molecule is CN1CCN(C(=O)c2ccc3c(c2)[nH]c2c(C(N)=O)cc(-c4cccc(N(C)C)c4)cc23)CC1. The molecule has 3 N–H and O–H groups in total. The minimum atomic E-state index is -0.490. The molecule has 0 radical (unpaired) electrons. The summed E-state index contributed by atoms with van der Waals surface area (Å²) in [5, 5.41) is 1.87. The maximum Gasteiger partial charge on any atom is 0.254 e. The number of aromatic nitrogens is 1. The molecule has 0 aliphatic carbocycles. The van der Waals surface area contributed by atoms with Gasteiger partial charge in [0.05, 0.1) is 11.1 Å². The van der Waals surface area contributed by atoms with Gasteiger partial charge in [0.25, 0.3) is 11.8 Å². The molecule has 7 nitrogen and oxygen atoms in total. The van der Waals surface area contributed by atoms with Crippen molar-refractivity contribution in [3.05, 3.63) is 65.7 Å². The molecule has 1 saturated heterocycles. The number of fused-ring (bicyclic) bond motifs is 3. The van der Waals surface area contributed by atoms with E-state index in [1.54, 1.807) is 0 Å². The fourth-order valence-corrected chi connectivity index (χ4v) is 4.66. The van der Waals surface area contributed by atoms with Crippen LogP contribution in [0.4, 0.5) is 5.69 Å². The Hall–Kier alpha value is -3.84. The molecular formula is C27H29N5O2. The highest BCUT2D eigenvalue weighted by Crippen LogP contribution is 2.34. The first kappa shape index (κ1) is 22.0. The lowest BCUT2D eigenvalue weighted by Gasteiger charge is -2.32. The molecule has 2 amide bonds. The largest absolute Gasteiger partial charge is 0.378 e. The molecule has 0 saturated carbocycles. The van der Waals surface area contributed by atoms with Crippen LogP contribution < -0.4 is 10.6 Å². The highest BCUT2D eigenvalue weighted by molar-refractivity contribution is 6.17. The third-order valence-corrected chi connectivity index (χ3v) is 6.71. The van der Waals surface area contributed by atoms with Crippen molar-refractivity contribution in [2.45, 2.75) is 0 Å². The van der Waals surface area contributed by atoms with Gasteiger partial charge < -0.3 is 25.4 Å². The summed E-state index contributed by atoms with van der Waals surface area (Å²) in [6.45, 7) is 3.20. The molecule has 1 fully saturated rings. The van der Waals surface area contributed by atoms with Crippen molar-refractivity contribution in [2.24, 2.45) is 5.73 Å². The van der Waals surface area contributed by atoms with Crippen LogP contribution >= 0.6 is 0 Å². The van der Waals surface area contributed by atoms with Gasteiger partial charge in [-0.1, -0.05) is 18.2 Å². The van der Waals surface area contributed by atoms with Gasteiger partial charge in [0.1, 0.15) is 0 Å². The molecule has 0 bridgehead atoms. The predicted octanol–water partition coefficient (Wildman–Crippen LogP) is 3.54. The number of carbonyl (C=O) groups excluding carboxylic acids is 2. The number of carbonyl (C=O) groups is 2. The summed E-state index contributed by atoms with van der Waals surface area (Å²) in [6, 6.07) is 17.8. The highest BCUT2D eigenvalue weighted by Gasteiger charge is 2.22. The second kappa shape index (κ2) is 8.50. The second-order valence-electron chi connectivity index (χ2n) is 9.24. The Morgan fingerprint density at radius 3 is 2.38 bits per heavy atom. The third kappa shape index (κ3) is 3.88. The first-order chi connectivity index (χ1) is 16.3. The number of hydrogen-bond acceptors (Lipinski definition) is 4. The summed E-state index contributed by atoms with van der Waals surface area (Å²) >= 11 is 0. The Morgan fingerprint density at radius 1 is 0.912 bits per heavy atom. The summed E-state index contributed by atoms with van der Waals surface area (Å²) in [5.74, 6) is -0.458. The number of piperazine rings is 1. The average Bonchev–Trinajstić information content (AvgIpc) is 3.21. The number of amides is 2. The van der Waals surface area contributed by atoms with Crippen LogP contribution in [0.1, 0.15) is 20.7 Å². The van der Waals surface area contributed by atoms with E-state index >= 15 is 0 Å². The number of H-pyrrole nitrogens is 1. The number of anilines is 1. The lowest BCUT2D eigenvalue weighted by Crippen LogP contribution is -2.47. The molecule has 0 unspecified atom stereocenters. The zero-order valence-electron chi connectivity index (χ0n) is 19.8. The quantitative estimate of drug-likeness (QED) is 0.493. The van der Waals surface area contributed by atoms with Gasteiger partial charge in [-0.25, -0.2) is 0 Å². The number of aromatic amines is 1. The smallest absolute Gasteiger partial charge is 0.254 e. The summed E-state index contributed by atoms with van der Waals surface area (Å²) < 4.78 is 0. The molecule has 1 aromatic heterocycles. The summed E-state index contributed by atoms with van der Waals surface area (Å²) in [4.78, 5) is 35.0. The molecule has 2 heterocycles. The normalized spacial score (nSPS) is 14.6. The molecule has 5 rings (SSSR count). The van der Waals surface area contributed by atoms with Gasteiger partial charge >= 0.3 is 0 Å². The van der Waals surface area contributed by atoms with Gasteiger partial charge in [0.15, 0.2) is 0 Å². The summed E-state index contributed by atoms with van der Waals surface area (Å²) in [5.41, 5.74) is 11.4. The minimum absolute atomic E-state index is 0.0324. The fourth-order valence-electron chi connectivity index (χ4n) is 4.66. The standard InChI is InChI=1S/C27H29N5O2/c1-30(2)20-6-4-5-17(13-20)19-14-22-21-8-7-18(27(34)32-11-9-31(3)10-12-32)16-24(21)29-25(22)23(15-19)26(28)33/h4-8,13-16,29H,9-12H2,1-3H3,(H2,28,33). The predicted molar refractivity (Wildman–Crippen MR) is 137 cm³/mol. The van der Waals surface area contributed by atoms with Crippen molar-refractivity contribution in [3.63, 3.8) is 0 Å². The molecule has 1 aliphatic rings. The van der Waals surface area contributed by atoms with E-state index in [4.69, 9.17) is 5.73 Å². The maximum atomic E-state index is 13.1. The van der Waals surface area contributed by atoms with Crippen molar-refractivity contribution in [2.75, 3.05) is 52.2 Å². The molecule has 3 aromatic carbocycles. The lowest BCUT2D eigenvalue weighted by atomic mass is 9.98. The molecule has 34 heavy (non-hydrogen) atoms. The minimum Gasteiger partial charge on any atom is -0.378 e. The van der Waals surface area contributed by atoms with Crippen LogP contribution in [-0.4, -0.2) is 73.9 Å². The zero-order valence-corrected chi connectivity index (χ0v) is 19.8. The Balaban J connectivity index is 1.61. The lowest BCUT2D eigenvalue weighted by molar-refractivity contribution is 0.0664. The van der Waals surface area contributed by atoms with Crippen LogP contribution in [0.2, 0.25) is 0 Å². The van der Waals surface area contributed by atoms with E-state index in [1.165, 1.54) is 0 Å². The Morgan fingerprint density at radius 2 is 1.68 bits per heavy atom. The van der Waals surface area contributed by atoms with Crippen molar-refractivity contribution in [1.29, 1.82) is 0 Å². The van der Waals surface area contributed by atoms with E-state index in [0.717, 1.165) is 59.3 Å². The number of nitrogens with two attached hydrogens (primary N) is 1. The van der Waals surface area contributed by atoms with E-state index in [2.05, 4.69) is 29.1 Å². The van der Waals surface area contributed by atoms with Gasteiger partial charge in [-0.15, -0.1) is 0 Å². The van der Waals surface area contributed by atoms with Crippen LogP contribution in [0.25, 0.3) is 32.9 Å². The van der Waals surface area contributed by atoms with Gasteiger partial charge in [0.2, 0.25) is 0 Å².